The molecule has 1 aliphatic heterocycles. The van der Waals surface area contributed by atoms with Gasteiger partial charge in [-0.15, -0.1) is 11.3 Å². The predicted molar refractivity (Wildman–Crippen MR) is 98.5 cm³/mol. The van der Waals surface area contributed by atoms with Crippen LogP contribution in [0.3, 0.4) is 0 Å². The summed E-state index contributed by atoms with van der Waals surface area (Å²) in [5.74, 6) is 1.14. The number of para-hydroxylation sites is 2. The second kappa shape index (κ2) is 6.40. The Morgan fingerprint density at radius 2 is 1.96 bits per heavy atom. The summed E-state index contributed by atoms with van der Waals surface area (Å²) in [5, 5.41) is 0. The van der Waals surface area contributed by atoms with Gasteiger partial charge in [0, 0.05) is 19.6 Å². The van der Waals surface area contributed by atoms with E-state index in [0.29, 0.717) is 0 Å². The average Bonchev–Trinajstić information content (AvgIpc) is 3.34. The fraction of sp³-hybridized carbons (Fsp3) is 0.368. The van der Waals surface area contributed by atoms with Crippen molar-refractivity contribution in [3.05, 3.63) is 41.3 Å². The van der Waals surface area contributed by atoms with E-state index in [-0.39, 0.29) is 5.91 Å². The van der Waals surface area contributed by atoms with E-state index in [2.05, 4.69) is 29.7 Å². The average molecular weight is 339 g/mol. The molecule has 0 N–H and O–H groups in total. The zero-order valence-corrected chi connectivity index (χ0v) is 14.7. The standard InChI is InChI=1S/C19H21N3OS/c1-2-11-22-15-8-4-3-7-14(15)20-18(22)16-9-10-17(24-16)19(23)21-12-5-6-13-21/h3-4,7-10H,2,5-6,11-13H2,1H3. The van der Waals surface area contributed by atoms with Crippen molar-refractivity contribution in [1.29, 1.82) is 0 Å². The highest BCUT2D eigenvalue weighted by molar-refractivity contribution is 7.17. The monoisotopic (exact) mass is 339 g/mol. The van der Waals surface area contributed by atoms with Crippen LogP contribution in [-0.2, 0) is 6.54 Å². The van der Waals surface area contributed by atoms with Crippen LogP contribution in [0.1, 0.15) is 35.9 Å². The molecule has 0 saturated carbocycles. The Hall–Kier alpha value is -2.14. The number of carbonyl (C=O) groups excluding carboxylic acids is 1. The smallest absolute Gasteiger partial charge is 0.263 e. The number of hydrogen-bond acceptors (Lipinski definition) is 3. The van der Waals surface area contributed by atoms with Crippen LogP contribution >= 0.6 is 11.3 Å². The molecule has 1 fully saturated rings. The van der Waals surface area contributed by atoms with E-state index in [1.807, 2.05) is 23.1 Å². The molecule has 3 heterocycles. The number of hydrogen-bond donors (Lipinski definition) is 0. The molecule has 0 radical (unpaired) electrons. The number of likely N-dealkylation sites (tertiary alicyclic amines) is 1. The van der Waals surface area contributed by atoms with Crippen LogP contribution in [0.25, 0.3) is 21.7 Å². The third-order valence-electron chi connectivity index (χ3n) is 4.53. The third-order valence-corrected chi connectivity index (χ3v) is 5.60. The van der Waals surface area contributed by atoms with Gasteiger partial charge in [0.15, 0.2) is 5.82 Å². The molecule has 5 heteroatoms. The van der Waals surface area contributed by atoms with Gasteiger partial charge < -0.3 is 9.47 Å². The number of thiophene rings is 1. The summed E-state index contributed by atoms with van der Waals surface area (Å²) >= 11 is 1.56. The van der Waals surface area contributed by atoms with Gasteiger partial charge in [-0.25, -0.2) is 4.98 Å². The lowest BCUT2D eigenvalue weighted by molar-refractivity contribution is 0.0797. The van der Waals surface area contributed by atoms with Gasteiger partial charge in [0.25, 0.3) is 5.91 Å². The third kappa shape index (κ3) is 2.63. The van der Waals surface area contributed by atoms with E-state index in [0.717, 1.165) is 65.5 Å². The van der Waals surface area contributed by atoms with Crippen LogP contribution in [-0.4, -0.2) is 33.4 Å². The molecule has 0 atom stereocenters. The van der Waals surface area contributed by atoms with Gasteiger partial charge in [0.1, 0.15) is 0 Å². The van der Waals surface area contributed by atoms with Gasteiger partial charge >= 0.3 is 0 Å². The molecule has 4 rings (SSSR count). The molecular formula is C19H21N3OS. The lowest BCUT2D eigenvalue weighted by atomic mass is 10.3. The van der Waals surface area contributed by atoms with Gasteiger partial charge in [-0.2, -0.15) is 0 Å². The normalized spacial score (nSPS) is 14.6. The molecule has 4 nitrogen and oxygen atoms in total. The number of aryl methyl sites for hydroxylation is 1. The first kappa shape index (κ1) is 15.4. The van der Waals surface area contributed by atoms with Crippen LogP contribution in [0.15, 0.2) is 36.4 Å². The van der Waals surface area contributed by atoms with E-state index in [1.165, 1.54) is 0 Å². The van der Waals surface area contributed by atoms with Crippen LogP contribution in [0.4, 0.5) is 0 Å². The molecule has 1 saturated heterocycles. The molecule has 1 aromatic carbocycles. The van der Waals surface area contributed by atoms with Crippen molar-refractivity contribution >= 4 is 28.3 Å². The Labute approximate surface area is 145 Å². The minimum atomic E-state index is 0.168. The van der Waals surface area contributed by atoms with Crippen molar-refractivity contribution in [3.8, 4) is 10.7 Å². The van der Waals surface area contributed by atoms with Crippen LogP contribution in [0.2, 0.25) is 0 Å². The van der Waals surface area contributed by atoms with Crippen LogP contribution in [0, 0.1) is 0 Å². The minimum absolute atomic E-state index is 0.168. The van der Waals surface area contributed by atoms with E-state index < -0.39 is 0 Å². The van der Waals surface area contributed by atoms with Crippen molar-refractivity contribution in [3.63, 3.8) is 0 Å². The topological polar surface area (TPSA) is 38.1 Å². The molecule has 3 aromatic rings. The molecular weight excluding hydrogens is 318 g/mol. The second-order valence-electron chi connectivity index (χ2n) is 6.24. The number of aromatic nitrogens is 2. The first-order chi connectivity index (χ1) is 11.8. The number of benzene rings is 1. The Morgan fingerprint density at radius 1 is 1.17 bits per heavy atom. The molecule has 1 aliphatic rings. The molecule has 124 valence electrons. The number of imidazole rings is 1. The minimum Gasteiger partial charge on any atom is -0.338 e. The Bertz CT molecular complexity index is 874. The number of rotatable bonds is 4. The van der Waals surface area contributed by atoms with Crippen LogP contribution in [0.5, 0.6) is 0 Å². The highest BCUT2D eigenvalue weighted by atomic mass is 32.1. The van der Waals surface area contributed by atoms with Gasteiger partial charge in [-0.3, -0.25) is 4.79 Å². The Morgan fingerprint density at radius 3 is 2.75 bits per heavy atom. The first-order valence-corrected chi connectivity index (χ1v) is 9.44. The number of carbonyl (C=O) groups is 1. The fourth-order valence-corrected chi connectivity index (χ4v) is 4.34. The summed E-state index contributed by atoms with van der Waals surface area (Å²) in [5.41, 5.74) is 2.18. The largest absolute Gasteiger partial charge is 0.338 e. The van der Waals surface area contributed by atoms with E-state index in [9.17, 15) is 4.79 Å². The summed E-state index contributed by atoms with van der Waals surface area (Å²) in [4.78, 5) is 21.3. The van der Waals surface area contributed by atoms with Gasteiger partial charge in [0.05, 0.1) is 20.8 Å². The number of nitrogens with zero attached hydrogens (tertiary/aromatic N) is 3. The Balaban J connectivity index is 1.72. The van der Waals surface area contributed by atoms with Crippen molar-refractivity contribution in [2.45, 2.75) is 32.7 Å². The molecule has 24 heavy (non-hydrogen) atoms. The maximum absolute atomic E-state index is 12.6. The van der Waals surface area contributed by atoms with Crippen molar-refractivity contribution < 1.29 is 4.79 Å². The molecule has 0 spiro atoms. The SMILES string of the molecule is CCCn1c(-c2ccc(C(=O)N3CCCC3)s2)nc2ccccc21. The maximum atomic E-state index is 12.6. The quantitative estimate of drug-likeness (QED) is 0.706. The van der Waals surface area contributed by atoms with E-state index in [4.69, 9.17) is 4.98 Å². The fourth-order valence-electron chi connectivity index (χ4n) is 3.36. The maximum Gasteiger partial charge on any atom is 0.263 e. The highest BCUT2D eigenvalue weighted by Gasteiger charge is 2.22. The lowest BCUT2D eigenvalue weighted by Crippen LogP contribution is -2.26. The second-order valence-corrected chi connectivity index (χ2v) is 7.32. The molecule has 0 bridgehead atoms. The summed E-state index contributed by atoms with van der Waals surface area (Å²) in [6, 6.07) is 12.2. The summed E-state index contributed by atoms with van der Waals surface area (Å²) in [7, 11) is 0. The van der Waals surface area contributed by atoms with Crippen molar-refractivity contribution in [1.82, 2.24) is 14.5 Å². The zero-order valence-electron chi connectivity index (χ0n) is 13.9. The van der Waals surface area contributed by atoms with Gasteiger partial charge in [-0.05, 0) is 43.5 Å². The van der Waals surface area contributed by atoms with E-state index in [1.54, 1.807) is 11.3 Å². The zero-order chi connectivity index (χ0) is 16.5. The Kier molecular flexibility index (Phi) is 4.10. The number of amides is 1. The molecule has 0 aliphatic carbocycles. The predicted octanol–water partition coefficient (Wildman–Crippen LogP) is 4.41. The highest BCUT2D eigenvalue weighted by Crippen LogP contribution is 2.31. The molecule has 0 unspecified atom stereocenters. The molecule has 2 aromatic heterocycles. The lowest BCUT2D eigenvalue weighted by Gasteiger charge is -2.13. The number of fused-ring (bicyclic) bond motifs is 1. The van der Waals surface area contributed by atoms with Crippen molar-refractivity contribution in [2.75, 3.05) is 13.1 Å². The van der Waals surface area contributed by atoms with Gasteiger partial charge in [-0.1, -0.05) is 19.1 Å². The van der Waals surface area contributed by atoms with Gasteiger partial charge in [0.2, 0.25) is 0 Å². The van der Waals surface area contributed by atoms with Crippen LogP contribution < -0.4 is 0 Å². The first-order valence-electron chi connectivity index (χ1n) is 8.62. The summed E-state index contributed by atoms with van der Waals surface area (Å²) < 4.78 is 2.27. The van der Waals surface area contributed by atoms with E-state index >= 15 is 0 Å². The summed E-state index contributed by atoms with van der Waals surface area (Å²) in [6.07, 6.45) is 3.30. The molecule has 1 amide bonds. The van der Waals surface area contributed by atoms with Crippen molar-refractivity contribution in [2.24, 2.45) is 0 Å². The summed E-state index contributed by atoms with van der Waals surface area (Å²) in [6.45, 7) is 4.89.